The lowest BCUT2D eigenvalue weighted by atomic mass is 10.1. The first kappa shape index (κ1) is 16.7. The van der Waals surface area contributed by atoms with Gasteiger partial charge in [-0.3, -0.25) is 0 Å². The first-order chi connectivity index (χ1) is 9.65. The molecule has 2 N–H and O–H groups in total. The lowest BCUT2D eigenvalue weighted by molar-refractivity contribution is 0.177. The van der Waals surface area contributed by atoms with Gasteiger partial charge in [0.05, 0.1) is 6.61 Å². The summed E-state index contributed by atoms with van der Waals surface area (Å²) >= 11 is 0. The molecular formula is C14H26N4O2. The van der Waals surface area contributed by atoms with E-state index in [0.717, 1.165) is 25.2 Å². The molecule has 0 fully saturated rings. The molecule has 0 unspecified atom stereocenters. The van der Waals surface area contributed by atoms with Crippen molar-refractivity contribution in [3.05, 3.63) is 11.9 Å². The van der Waals surface area contributed by atoms with Crippen LogP contribution in [0.3, 0.4) is 0 Å². The van der Waals surface area contributed by atoms with Gasteiger partial charge in [-0.2, -0.15) is 0 Å². The number of nitrogens with zero attached hydrogens (tertiary/aromatic N) is 3. The Labute approximate surface area is 121 Å². The summed E-state index contributed by atoms with van der Waals surface area (Å²) in [5.74, 6) is 1.92. The number of ether oxygens (including phenoxy) is 2. The molecule has 0 bridgehead atoms. The van der Waals surface area contributed by atoms with E-state index in [1.165, 1.54) is 0 Å². The van der Waals surface area contributed by atoms with Crippen LogP contribution < -0.4 is 10.6 Å². The van der Waals surface area contributed by atoms with Crippen molar-refractivity contribution in [2.24, 2.45) is 0 Å². The maximum Gasteiger partial charge on any atom is 0.158 e. The highest BCUT2D eigenvalue weighted by atomic mass is 16.5. The molecule has 6 nitrogen and oxygen atoms in total. The molecule has 0 aliphatic carbocycles. The summed E-state index contributed by atoms with van der Waals surface area (Å²) in [5, 5.41) is 0. The van der Waals surface area contributed by atoms with Crippen LogP contribution in [0.25, 0.3) is 0 Å². The Morgan fingerprint density at radius 2 is 1.90 bits per heavy atom. The zero-order valence-electron chi connectivity index (χ0n) is 12.9. The van der Waals surface area contributed by atoms with Gasteiger partial charge in [0.2, 0.25) is 0 Å². The first-order valence-electron chi connectivity index (χ1n) is 7.04. The molecule has 0 amide bonds. The second-order valence-corrected chi connectivity index (χ2v) is 4.66. The number of methoxy groups -OCH3 is 2. The Hall–Kier alpha value is -1.40. The number of rotatable bonds is 9. The van der Waals surface area contributed by atoms with Crippen LogP contribution in [0.1, 0.15) is 32.5 Å². The van der Waals surface area contributed by atoms with Crippen LogP contribution in [0.15, 0.2) is 6.07 Å². The largest absolute Gasteiger partial charge is 0.384 e. The van der Waals surface area contributed by atoms with Gasteiger partial charge in [0.25, 0.3) is 0 Å². The third-order valence-electron chi connectivity index (χ3n) is 3.27. The summed E-state index contributed by atoms with van der Waals surface area (Å²) in [4.78, 5) is 11.0. The van der Waals surface area contributed by atoms with E-state index in [2.05, 4.69) is 28.7 Å². The van der Waals surface area contributed by atoms with E-state index in [0.29, 0.717) is 30.9 Å². The second-order valence-electron chi connectivity index (χ2n) is 4.66. The molecule has 20 heavy (non-hydrogen) atoms. The van der Waals surface area contributed by atoms with Gasteiger partial charge in [0, 0.05) is 32.9 Å². The Kier molecular flexibility index (Phi) is 7.25. The second kappa shape index (κ2) is 8.71. The van der Waals surface area contributed by atoms with Crippen LogP contribution in [0.2, 0.25) is 0 Å². The monoisotopic (exact) mass is 282 g/mol. The molecular weight excluding hydrogens is 256 g/mol. The SMILES string of the molecule is CCC(CC)N(CCOC)c1cc(N)nc(COC)n1. The maximum atomic E-state index is 5.87. The van der Waals surface area contributed by atoms with Crippen LogP contribution in [0.4, 0.5) is 11.6 Å². The number of nitrogens with two attached hydrogens (primary N) is 1. The molecule has 1 rings (SSSR count). The van der Waals surface area contributed by atoms with Crippen LogP contribution in [0, 0.1) is 0 Å². The van der Waals surface area contributed by atoms with Crippen LogP contribution >= 0.6 is 0 Å². The molecule has 1 aromatic heterocycles. The number of aromatic nitrogens is 2. The van der Waals surface area contributed by atoms with Crippen molar-refractivity contribution in [2.45, 2.75) is 39.3 Å². The molecule has 0 saturated carbocycles. The van der Waals surface area contributed by atoms with Crippen LogP contribution in [-0.4, -0.2) is 43.4 Å². The Balaban J connectivity index is 3.04. The highest BCUT2D eigenvalue weighted by Gasteiger charge is 2.18. The van der Waals surface area contributed by atoms with E-state index in [1.54, 1.807) is 14.2 Å². The van der Waals surface area contributed by atoms with Crippen molar-refractivity contribution in [3.63, 3.8) is 0 Å². The Morgan fingerprint density at radius 3 is 2.45 bits per heavy atom. The average Bonchev–Trinajstić information content (AvgIpc) is 2.43. The van der Waals surface area contributed by atoms with Gasteiger partial charge in [0.1, 0.15) is 18.2 Å². The Bertz CT molecular complexity index is 397. The third kappa shape index (κ3) is 4.61. The van der Waals surface area contributed by atoms with Gasteiger partial charge in [-0.25, -0.2) is 9.97 Å². The van der Waals surface area contributed by atoms with Crippen molar-refractivity contribution < 1.29 is 9.47 Å². The van der Waals surface area contributed by atoms with Crippen LogP contribution in [-0.2, 0) is 16.1 Å². The summed E-state index contributed by atoms with van der Waals surface area (Å²) < 4.78 is 10.3. The summed E-state index contributed by atoms with van der Waals surface area (Å²) in [6.07, 6.45) is 2.09. The molecule has 0 aliphatic heterocycles. The number of hydrogen-bond donors (Lipinski definition) is 1. The highest BCUT2D eigenvalue weighted by molar-refractivity contribution is 5.47. The molecule has 114 valence electrons. The molecule has 0 radical (unpaired) electrons. The van der Waals surface area contributed by atoms with Crippen molar-refractivity contribution in [1.29, 1.82) is 0 Å². The molecule has 6 heteroatoms. The number of anilines is 2. The molecule has 0 saturated heterocycles. The average molecular weight is 282 g/mol. The van der Waals surface area contributed by atoms with Crippen LogP contribution in [0.5, 0.6) is 0 Å². The van der Waals surface area contributed by atoms with Gasteiger partial charge < -0.3 is 20.1 Å². The minimum absolute atomic E-state index is 0.360. The third-order valence-corrected chi connectivity index (χ3v) is 3.27. The number of nitrogen functional groups attached to an aromatic ring is 1. The quantitative estimate of drug-likeness (QED) is 0.745. The summed E-state index contributed by atoms with van der Waals surface area (Å²) in [7, 11) is 3.32. The predicted octanol–water partition coefficient (Wildman–Crippen LogP) is 1.85. The van der Waals surface area contributed by atoms with E-state index in [1.807, 2.05) is 6.07 Å². The maximum absolute atomic E-state index is 5.87. The minimum Gasteiger partial charge on any atom is -0.384 e. The summed E-state index contributed by atoms with van der Waals surface area (Å²) in [6.45, 7) is 6.15. The minimum atomic E-state index is 0.360. The predicted molar refractivity (Wildman–Crippen MR) is 80.7 cm³/mol. The zero-order valence-corrected chi connectivity index (χ0v) is 12.9. The van der Waals surface area contributed by atoms with Gasteiger partial charge in [-0.1, -0.05) is 13.8 Å². The van der Waals surface area contributed by atoms with E-state index < -0.39 is 0 Å². The van der Waals surface area contributed by atoms with E-state index in [4.69, 9.17) is 15.2 Å². The highest BCUT2D eigenvalue weighted by Crippen LogP contribution is 2.20. The zero-order chi connectivity index (χ0) is 15.0. The van der Waals surface area contributed by atoms with Crippen molar-refractivity contribution >= 4 is 11.6 Å². The van der Waals surface area contributed by atoms with Crippen molar-refractivity contribution in [3.8, 4) is 0 Å². The molecule has 1 aromatic rings. The number of hydrogen-bond acceptors (Lipinski definition) is 6. The fourth-order valence-corrected chi connectivity index (χ4v) is 2.25. The Morgan fingerprint density at radius 1 is 1.20 bits per heavy atom. The fraction of sp³-hybridized carbons (Fsp3) is 0.714. The lowest BCUT2D eigenvalue weighted by Gasteiger charge is -2.31. The molecule has 0 atom stereocenters. The van der Waals surface area contributed by atoms with Crippen molar-refractivity contribution in [1.82, 2.24) is 9.97 Å². The summed E-state index contributed by atoms with van der Waals surface area (Å²) in [6, 6.07) is 2.22. The molecule has 0 aromatic carbocycles. The van der Waals surface area contributed by atoms with Gasteiger partial charge >= 0.3 is 0 Å². The topological polar surface area (TPSA) is 73.5 Å². The summed E-state index contributed by atoms with van der Waals surface area (Å²) in [5.41, 5.74) is 5.87. The first-order valence-corrected chi connectivity index (χ1v) is 7.04. The van der Waals surface area contributed by atoms with Gasteiger partial charge in [-0.15, -0.1) is 0 Å². The standard InChI is InChI=1S/C14H26N4O2/c1-5-11(6-2)18(7-8-19-3)14-9-12(15)16-13(17-14)10-20-4/h9,11H,5-8,10H2,1-4H3,(H2,15,16,17). The van der Waals surface area contributed by atoms with E-state index in [9.17, 15) is 0 Å². The normalized spacial score (nSPS) is 11.1. The molecule has 1 heterocycles. The van der Waals surface area contributed by atoms with Gasteiger partial charge in [-0.05, 0) is 12.8 Å². The smallest absolute Gasteiger partial charge is 0.158 e. The molecule has 0 spiro atoms. The van der Waals surface area contributed by atoms with E-state index in [-0.39, 0.29) is 0 Å². The van der Waals surface area contributed by atoms with E-state index >= 15 is 0 Å². The lowest BCUT2D eigenvalue weighted by Crippen LogP contribution is -2.38. The molecule has 0 aliphatic rings. The van der Waals surface area contributed by atoms with Gasteiger partial charge in [0.15, 0.2) is 5.82 Å². The van der Waals surface area contributed by atoms with Crippen molar-refractivity contribution in [2.75, 3.05) is 38.0 Å². The fourth-order valence-electron chi connectivity index (χ4n) is 2.25.